The Kier molecular flexibility index (Phi) is 5.63. The second kappa shape index (κ2) is 8.87. The molecule has 5 nitrogen and oxygen atoms in total. The number of hydrogen-bond donors (Lipinski definition) is 0. The van der Waals surface area contributed by atoms with Crippen LogP contribution >= 0.6 is 0 Å². The van der Waals surface area contributed by atoms with Crippen LogP contribution in [0.15, 0.2) is 95.8 Å². The zero-order valence-electron chi connectivity index (χ0n) is 21.3. The van der Waals surface area contributed by atoms with Crippen LogP contribution in [0.3, 0.4) is 0 Å². The van der Waals surface area contributed by atoms with Crippen molar-refractivity contribution >= 4 is 22.1 Å². The monoisotopic (exact) mass is 492 g/mol. The number of carbonyl (C=O) groups is 1. The molecular formula is C32H28O5. The molecule has 0 N–H and O–H groups in total. The number of rotatable bonds is 5. The summed E-state index contributed by atoms with van der Waals surface area (Å²) in [6.07, 6.45) is 8.00. The minimum absolute atomic E-state index is 0.0273. The topological polar surface area (TPSA) is 54.0 Å². The molecule has 0 aromatic heterocycles. The van der Waals surface area contributed by atoms with Gasteiger partial charge in [0.2, 0.25) is 0 Å². The van der Waals surface area contributed by atoms with Gasteiger partial charge in [0.25, 0.3) is 0 Å². The molecular weight excluding hydrogens is 464 g/mol. The molecule has 5 heteroatoms. The van der Waals surface area contributed by atoms with E-state index >= 15 is 0 Å². The highest BCUT2D eigenvalue weighted by Crippen LogP contribution is 2.53. The van der Waals surface area contributed by atoms with Crippen molar-refractivity contribution in [1.82, 2.24) is 0 Å². The Hall–Kier alpha value is -3.93. The Labute approximate surface area is 216 Å². The molecule has 3 aromatic rings. The van der Waals surface area contributed by atoms with Crippen molar-refractivity contribution in [3.8, 4) is 11.5 Å². The fourth-order valence-corrected chi connectivity index (χ4v) is 5.78. The highest BCUT2D eigenvalue weighted by molar-refractivity contribution is 6.10. The lowest BCUT2D eigenvalue weighted by Gasteiger charge is -2.38. The van der Waals surface area contributed by atoms with Crippen LogP contribution in [-0.2, 0) is 14.3 Å². The van der Waals surface area contributed by atoms with Crippen LogP contribution in [0.2, 0.25) is 0 Å². The van der Waals surface area contributed by atoms with E-state index in [0.717, 1.165) is 45.0 Å². The number of benzene rings is 3. The molecule has 6 rings (SSSR count). The molecule has 0 bridgehead atoms. The first kappa shape index (κ1) is 23.5. The van der Waals surface area contributed by atoms with Gasteiger partial charge in [0.1, 0.15) is 17.3 Å². The quantitative estimate of drug-likeness (QED) is 0.371. The zero-order valence-corrected chi connectivity index (χ0v) is 21.3. The van der Waals surface area contributed by atoms with E-state index < -0.39 is 11.7 Å². The van der Waals surface area contributed by atoms with E-state index in [1.165, 1.54) is 0 Å². The molecule has 3 aromatic carbocycles. The number of allylic oxidation sites excluding steroid dienone is 5. The number of carbonyl (C=O) groups excluding carboxylic acids is 1. The molecule has 2 aliphatic carbocycles. The molecule has 0 saturated carbocycles. The standard InChI is InChI=1S/C32H28O5/c1-32-17-8-12-24(33)28(32)30-23(16-18-32)27(20-10-5-6-11-21(20)31(35-3)36-4)22-15-14-19-9-7-13-25(34-2)26(19)29(22)37-30/h5-16,18,31H,17H2,1-4H3. The summed E-state index contributed by atoms with van der Waals surface area (Å²) in [6, 6.07) is 18.1. The third-order valence-corrected chi connectivity index (χ3v) is 7.55. The summed E-state index contributed by atoms with van der Waals surface area (Å²) >= 11 is 0. The first-order valence-corrected chi connectivity index (χ1v) is 12.3. The van der Waals surface area contributed by atoms with Crippen molar-refractivity contribution in [1.29, 1.82) is 0 Å². The molecule has 1 heterocycles. The zero-order chi connectivity index (χ0) is 25.7. The molecule has 1 unspecified atom stereocenters. The summed E-state index contributed by atoms with van der Waals surface area (Å²) < 4.78 is 23.9. The van der Waals surface area contributed by atoms with Gasteiger partial charge < -0.3 is 18.9 Å². The van der Waals surface area contributed by atoms with Gasteiger partial charge in [0, 0.05) is 41.9 Å². The molecule has 1 aliphatic heterocycles. The van der Waals surface area contributed by atoms with E-state index in [1.807, 2.05) is 42.5 Å². The van der Waals surface area contributed by atoms with E-state index in [1.54, 1.807) is 27.4 Å². The average Bonchev–Trinajstić information content (AvgIpc) is 2.92. The van der Waals surface area contributed by atoms with E-state index in [2.05, 4.69) is 37.3 Å². The molecule has 0 saturated heterocycles. The number of hydrogen-bond acceptors (Lipinski definition) is 5. The molecule has 3 aliphatic rings. The highest BCUT2D eigenvalue weighted by Gasteiger charge is 2.42. The van der Waals surface area contributed by atoms with Gasteiger partial charge in [-0.2, -0.15) is 0 Å². The van der Waals surface area contributed by atoms with Gasteiger partial charge >= 0.3 is 0 Å². The first-order chi connectivity index (χ1) is 18.0. The van der Waals surface area contributed by atoms with Crippen LogP contribution in [0, 0.1) is 5.41 Å². The normalized spacial score (nSPS) is 20.2. The number of methoxy groups -OCH3 is 3. The summed E-state index contributed by atoms with van der Waals surface area (Å²) in [7, 11) is 4.92. The van der Waals surface area contributed by atoms with Crippen LogP contribution < -0.4 is 9.47 Å². The predicted octanol–water partition coefficient (Wildman–Crippen LogP) is 6.69. The summed E-state index contributed by atoms with van der Waals surface area (Å²) in [5.41, 5.74) is 4.84. The van der Waals surface area contributed by atoms with Crippen molar-refractivity contribution < 1.29 is 23.7 Å². The first-order valence-electron chi connectivity index (χ1n) is 12.3. The maximum atomic E-state index is 13.4. The van der Waals surface area contributed by atoms with Crippen LogP contribution in [0.5, 0.6) is 11.5 Å². The smallest absolute Gasteiger partial charge is 0.186 e. The van der Waals surface area contributed by atoms with Crippen molar-refractivity contribution in [2.45, 2.75) is 19.6 Å². The third-order valence-electron chi connectivity index (χ3n) is 7.55. The van der Waals surface area contributed by atoms with E-state index in [-0.39, 0.29) is 5.78 Å². The Morgan fingerprint density at radius 3 is 2.51 bits per heavy atom. The van der Waals surface area contributed by atoms with E-state index in [4.69, 9.17) is 18.9 Å². The fraction of sp³-hybridized carbons (Fsp3) is 0.219. The lowest BCUT2D eigenvalue weighted by Crippen LogP contribution is -2.31. The number of fused-ring (bicyclic) bond motifs is 5. The molecule has 0 radical (unpaired) electrons. The molecule has 186 valence electrons. The van der Waals surface area contributed by atoms with Crippen LogP contribution in [0.25, 0.3) is 16.3 Å². The van der Waals surface area contributed by atoms with Gasteiger partial charge in [-0.15, -0.1) is 0 Å². The van der Waals surface area contributed by atoms with Crippen LogP contribution in [0.4, 0.5) is 0 Å². The van der Waals surface area contributed by atoms with Crippen LogP contribution in [-0.4, -0.2) is 27.1 Å². The van der Waals surface area contributed by atoms with Crippen molar-refractivity contribution in [3.63, 3.8) is 0 Å². The lowest BCUT2D eigenvalue weighted by molar-refractivity contribution is -0.112. The summed E-state index contributed by atoms with van der Waals surface area (Å²) in [5.74, 6) is 1.96. The minimum Gasteiger partial charge on any atom is -0.496 e. The second-order valence-electron chi connectivity index (χ2n) is 9.71. The number of ketones is 1. The van der Waals surface area contributed by atoms with Gasteiger partial charge in [-0.1, -0.05) is 67.6 Å². The van der Waals surface area contributed by atoms with Gasteiger partial charge in [0.15, 0.2) is 12.1 Å². The van der Waals surface area contributed by atoms with E-state index in [9.17, 15) is 4.79 Å². The minimum atomic E-state index is -0.557. The maximum absolute atomic E-state index is 13.4. The Bertz CT molecular complexity index is 1570. The SMILES string of the molecule is COc1cccc2ccc3c(c12)OC1=C2C(=O)C=CCC2(C)C=CC1=C3c1ccccc1C(OC)OC. The Balaban J connectivity index is 1.76. The van der Waals surface area contributed by atoms with Crippen molar-refractivity contribution in [3.05, 3.63) is 112 Å². The molecule has 0 fully saturated rings. The third kappa shape index (κ3) is 3.50. The van der Waals surface area contributed by atoms with Gasteiger partial charge in [-0.3, -0.25) is 4.79 Å². The second-order valence-corrected chi connectivity index (χ2v) is 9.71. The van der Waals surface area contributed by atoms with Gasteiger partial charge in [-0.25, -0.2) is 0 Å². The summed E-state index contributed by atoms with van der Waals surface area (Å²) in [5, 5.41) is 1.87. The molecule has 1 atom stereocenters. The van der Waals surface area contributed by atoms with Gasteiger partial charge in [0.05, 0.1) is 18.1 Å². The molecule has 0 spiro atoms. The summed E-state index contributed by atoms with van der Waals surface area (Å²) in [4.78, 5) is 13.4. The lowest BCUT2D eigenvalue weighted by atomic mass is 9.68. The van der Waals surface area contributed by atoms with Gasteiger partial charge in [-0.05, 0) is 35.6 Å². The largest absolute Gasteiger partial charge is 0.496 e. The molecule has 37 heavy (non-hydrogen) atoms. The fourth-order valence-electron chi connectivity index (χ4n) is 5.78. The number of ether oxygens (including phenoxy) is 4. The maximum Gasteiger partial charge on any atom is 0.186 e. The van der Waals surface area contributed by atoms with E-state index in [0.29, 0.717) is 22.8 Å². The average molecular weight is 493 g/mol. The van der Waals surface area contributed by atoms with Crippen molar-refractivity contribution in [2.24, 2.45) is 5.41 Å². The Morgan fingerprint density at radius 1 is 0.919 bits per heavy atom. The molecule has 0 amide bonds. The Morgan fingerprint density at radius 2 is 1.73 bits per heavy atom. The predicted molar refractivity (Wildman–Crippen MR) is 143 cm³/mol. The summed E-state index contributed by atoms with van der Waals surface area (Å²) in [6.45, 7) is 2.09. The highest BCUT2D eigenvalue weighted by atomic mass is 16.7. The van der Waals surface area contributed by atoms with Crippen molar-refractivity contribution in [2.75, 3.05) is 21.3 Å². The van der Waals surface area contributed by atoms with Crippen LogP contribution in [0.1, 0.15) is 36.3 Å².